The largest absolute Gasteiger partial charge is 0.478 e. The van der Waals surface area contributed by atoms with Crippen LogP contribution in [0.15, 0.2) is 23.3 Å². The van der Waals surface area contributed by atoms with Crippen LogP contribution in [0.25, 0.3) is 0 Å². The summed E-state index contributed by atoms with van der Waals surface area (Å²) < 4.78 is 0. The van der Waals surface area contributed by atoms with Crippen molar-refractivity contribution in [2.45, 2.75) is 73.1 Å². The molecule has 2 rings (SSSR count). The Morgan fingerprint density at radius 2 is 2.05 bits per heavy atom. The van der Waals surface area contributed by atoms with Crippen LogP contribution in [0.2, 0.25) is 0 Å². The third-order valence-corrected chi connectivity index (χ3v) is 6.49. The fraction of sp³-hybridized carbons (Fsp3) is 0.750. The van der Waals surface area contributed by atoms with E-state index < -0.39 is 5.97 Å². The van der Waals surface area contributed by atoms with Crippen molar-refractivity contribution in [1.82, 2.24) is 0 Å². The highest BCUT2D eigenvalue weighted by atomic mass is 16.4. The molecule has 0 amide bonds. The molecule has 0 aromatic rings. The van der Waals surface area contributed by atoms with Crippen molar-refractivity contribution in [3.8, 4) is 0 Å². The van der Waals surface area contributed by atoms with Crippen LogP contribution in [0.3, 0.4) is 0 Å². The summed E-state index contributed by atoms with van der Waals surface area (Å²) >= 11 is 0. The number of allylic oxidation sites excluding steroid dienone is 3. The molecule has 2 nitrogen and oxygen atoms in total. The third kappa shape index (κ3) is 3.31. The molecule has 0 bridgehead atoms. The summed E-state index contributed by atoms with van der Waals surface area (Å²) in [4.78, 5) is 10.8. The van der Waals surface area contributed by atoms with Gasteiger partial charge in [0.1, 0.15) is 0 Å². The van der Waals surface area contributed by atoms with Crippen LogP contribution >= 0.6 is 0 Å². The molecular formula is C20H32O2. The molecule has 0 aliphatic heterocycles. The maximum atomic E-state index is 10.8. The second-order valence-electron chi connectivity index (χ2n) is 8.50. The number of fused-ring (bicyclic) bond motifs is 1. The van der Waals surface area contributed by atoms with Crippen molar-refractivity contribution in [1.29, 1.82) is 0 Å². The highest BCUT2D eigenvalue weighted by Gasteiger charge is 2.51. The lowest BCUT2D eigenvalue weighted by Crippen LogP contribution is -2.48. The Morgan fingerprint density at radius 1 is 1.36 bits per heavy atom. The predicted molar refractivity (Wildman–Crippen MR) is 91.7 cm³/mol. The summed E-state index contributed by atoms with van der Waals surface area (Å²) in [6, 6.07) is 0. The molecule has 2 aliphatic rings. The van der Waals surface area contributed by atoms with E-state index in [1.807, 2.05) is 6.92 Å². The van der Waals surface area contributed by atoms with Crippen molar-refractivity contribution >= 4 is 5.97 Å². The molecule has 124 valence electrons. The Bertz CT molecular complexity index is 498. The fourth-order valence-electron chi connectivity index (χ4n) is 5.35. The Hall–Kier alpha value is -1.05. The maximum Gasteiger partial charge on any atom is 0.328 e. The molecule has 0 heterocycles. The van der Waals surface area contributed by atoms with E-state index in [9.17, 15) is 4.79 Å². The Balaban J connectivity index is 2.20. The minimum Gasteiger partial charge on any atom is -0.478 e. The molecule has 1 N–H and O–H groups in total. The molecule has 1 fully saturated rings. The number of carbonyl (C=O) groups is 1. The molecular weight excluding hydrogens is 272 g/mol. The SMILES string of the molecule is CC1=CC[C@H]2C(C)(C)CCC[C@]2(C)[C@@H]1CC/C(C)=C/C(=O)O. The van der Waals surface area contributed by atoms with Gasteiger partial charge in [0.2, 0.25) is 0 Å². The standard InChI is InChI=1S/C20H32O2/c1-14(13-18(21)22)7-9-16-15(2)8-10-17-19(3,4)11-6-12-20(16,17)5/h8,13,16-17H,6-7,9-12H2,1-5H3,(H,21,22)/b14-13+/t16-,17+,20-/m1/s1. The monoisotopic (exact) mass is 304 g/mol. The van der Waals surface area contributed by atoms with Gasteiger partial charge >= 0.3 is 5.97 Å². The van der Waals surface area contributed by atoms with Crippen LogP contribution in [0.1, 0.15) is 73.1 Å². The molecule has 0 aromatic heterocycles. The van der Waals surface area contributed by atoms with E-state index in [1.54, 1.807) is 0 Å². The second kappa shape index (κ2) is 6.22. The first-order chi connectivity index (χ1) is 10.2. The number of carboxylic acid groups (broad SMARTS) is 1. The van der Waals surface area contributed by atoms with Gasteiger partial charge in [-0.3, -0.25) is 0 Å². The molecule has 0 aromatic carbocycles. The Kier molecular flexibility index (Phi) is 4.89. The average Bonchev–Trinajstić information content (AvgIpc) is 2.35. The number of rotatable bonds is 4. The van der Waals surface area contributed by atoms with Gasteiger partial charge in [-0.2, -0.15) is 0 Å². The quantitative estimate of drug-likeness (QED) is 0.542. The van der Waals surface area contributed by atoms with Crippen molar-refractivity contribution in [3.63, 3.8) is 0 Å². The lowest BCUT2D eigenvalue weighted by Gasteiger charge is -2.57. The molecule has 3 atom stereocenters. The molecule has 2 heteroatoms. The highest BCUT2D eigenvalue weighted by Crippen LogP contribution is 2.60. The molecule has 1 saturated carbocycles. The van der Waals surface area contributed by atoms with E-state index in [0.29, 0.717) is 16.7 Å². The van der Waals surface area contributed by atoms with Gasteiger partial charge in [-0.25, -0.2) is 4.79 Å². The molecule has 0 spiro atoms. The first-order valence-corrected chi connectivity index (χ1v) is 8.73. The third-order valence-electron chi connectivity index (χ3n) is 6.49. The lowest BCUT2D eigenvalue weighted by atomic mass is 9.48. The first kappa shape index (κ1) is 17.3. The fourth-order valence-corrected chi connectivity index (χ4v) is 5.35. The van der Waals surface area contributed by atoms with E-state index in [0.717, 1.165) is 24.3 Å². The number of hydrogen-bond donors (Lipinski definition) is 1. The van der Waals surface area contributed by atoms with Crippen LogP contribution in [0, 0.1) is 22.7 Å². The normalized spacial score (nSPS) is 34.8. The van der Waals surface area contributed by atoms with Crippen LogP contribution in [0.5, 0.6) is 0 Å². The van der Waals surface area contributed by atoms with Gasteiger partial charge in [-0.05, 0) is 68.6 Å². The molecule has 0 radical (unpaired) electrons. The minimum absolute atomic E-state index is 0.379. The Morgan fingerprint density at radius 3 is 2.68 bits per heavy atom. The van der Waals surface area contributed by atoms with Crippen LogP contribution in [-0.4, -0.2) is 11.1 Å². The maximum absolute atomic E-state index is 10.8. The topological polar surface area (TPSA) is 37.3 Å². The van der Waals surface area contributed by atoms with Gasteiger partial charge in [0.15, 0.2) is 0 Å². The van der Waals surface area contributed by atoms with E-state index in [1.165, 1.54) is 37.3 Å². The molecule has 0 saturated heterocycles. The zero-order valence-corrected chi connectivity index (χ0v) is 14.9. The average molecular weight is 304 g/mol. The van der Waals surface area contributed by atoms with Crippen LogP contribution < -0.4 is 0 Å². The summed E-state index contributed by atoms with van der Waals surface area (Å²) in [5.41, 5.74) is 3.32. The number of aliphatic carboxylic acids is 1. The van der Waals surface area contributed by atoms with E-state index in [-0.39, 0.29) is 0 Å². The highest BCUT2D eigenvalue weighted by molar-refractivity contribution is 5.80. The molecule has 0 unspecified atom stereocenters. The van der Waals surface area contributed by atoms with Crippen molar-refractivity contribution in [3.05, 3.63) is 23.3 Å². The van der Waals surface area contributed by atoms with Gasteiger partial charge in [0, 0.05) is 6.08 Å². The van der Waals surface area contributed by atoms with Crippen molar-refractivity contribution < 1.29 is 9.90 Å². The first-order valence-electron chi connectivity index (χ1n) is 8.73. The zero-order chi connectivity index (χ0) is 16.5. The molecule has 2 aliphatic carbocycles. The van der Waals surface area contributed by atoms with Crippen molar-refractivity contribution in [2.24, 2.45) is 22.7 Å². The van der Waals surface area contributed by atoms with Gasteiger partial charge in [-0.15, -0.1) is 0 Å². The number of hydrogen-bond acceptors (Lipinski definition) is 1. The molecule has 22 heavy (non-hydrogen) atoms. The van der Waals surface area contributed by atoms with Gasteiger partial charge < -0.3 is 5.11 Å². The Labute approximate surface area is 135 Å². The van der Waals surface area contributed by atoms with Gasteiger partial charge in [0.05, 0.1) is 0 Å². The van der Waals surface area contributed by atoms with Crippen molar-refractivity contribution in [2.75, 3.05) is 0 Å². The van der Waals surface area contributed by atoms with Gasteiger partial charge in [-0.1, -0.05) is 44.4 Å². The zero-order valence-electron chi connectivity index (χ0n) is 14.9. The summed E-state index contributed by atoms with van der Waals surface area (Å²) in [6.45, 7) is 11.6. The van der Waals surface area contributed by atoms with Crippen LogP contribution in [-0.2, 0) is 4.79 Å². The smallest absolute Gasteiger partial charge is 0.328 e. The van der Waals surface area contributed by atoms with E-state index >= 15 is 0 Å². The predicted octanol–water partition coefficient (Wildman–Crippen LogP) is 5.60. The van der Waals surface area contributed by atoms with Gasteiger partial charge in [0.25, 0.3) is 0 Å². The minimum atomic E-state index is -0.823. The summed E-state index contributed by atoms with van der Waals surface area (Å²) in [5, 5.41) is 8.89. The van der Waals surface area contributed by atoms with E-state index in [2.05, 4.69) is 33.8 Å². The summed E-state index contributed by atoms with van der Waals surface area (Å²) in [6.07, 6.45) is 11.0. The lowest BCUT2D eigenvalue weighted by molar-refractivity contribution is -0.131. The van der Waals surface area contributed by atoms with Crippen LogP contribution in [0.4, 0.5) is 0 Å². The second-order valence-corrected chi connectivity index (χ2v) is 8.50. The summed E-state index contributed by atoms with van der Waals surface area (Å²) in [5.74, 6) is 0.533. The number of carboxylic acids is 1. The summed E-state index contributed by atoms with van der Waals surface area (Å²) in [7, 11) is 0. The van der Waals surface area contributed by atoms with E-state index in [4.69, 9.17) is 5.11 Å².